The summed E-state index contributed by atoms with van der Waals surface area (Å²) in [4.78, 5) is 12.1. The van der Waals surface area contributed by atoms with Crippen molar-refractivity contribution in [3.8, 4) is 11.8 Å². The third-order valence-corrected chi connectivity index (χ3v) is 6.04. The number of aryl methyl sites for hydroxylation is 1. The average Bonchev–Trinajstić information content (AvgIpc) is 3.18. The average molecular weight is 425 g/mol. The van der Waals surface area contributed by atoms with E-state index in [0.29, 0.717) is 30.1 Å². The van der Waals surface area contributed by atoms with Gasteiger partial charge in [0.15, 0.2) is 4.34 Å². The number of nitrogens with zero attached hydrogens (tertiary/aromatic N) is 3. The maximum absolute atomic E-state index is 12.1. The van der Waals surface area contributed by atoms with Gasteiger partial charge in [-0.2, -0.15) is 5.26 Å². The number of nitrogens with one attached hydrogen (secondary N) is 1. The number of aromatic nitrogens is 2. The first-order valence-electron chi connectivity index (χ1n) is 9.07. The van der Waals surface area contributed by atoms with Gasteiger partial charge in [-0.1, -0.05) is 53.4 Å². The third-order valence-electron chi connectivity index (χ3n) is 4.00. The van der Waals surface area contributed by atoms with Crippen LogP contribution in [0.3, 0.4) is 0 Å². The standard InChI is InChI=1S/C21H20N4O2S2/c1-15-5-2-3-6-18(15)27-12-4-7-19(26)23-20-24-25-21(29-20)28-14-17-10-8-16(13-22)9-11-17/h2-3,5-6,8-11H,4,7,12,14H2,1H3,(H,23,24,26). The van der Waals surface area contributed by atoms with Gasteiger partial charge in [0, 0.05) is 12.2 Å². The van der Waals surface area contributed by atoms with E-state index in [1.54, 1.807) is 23.9 Å². The Morgan fingerprint density at radius 1 is 1.21 bits per heavy atom. The number of carbonyl (C=O) groups is 1. The molecule has 6 nitrogen and oxygen atoms in total. The van der Waals surface area contributed by atoms with Crippen molar-refractivity contribution in [1.29, 1.82) is 5.26 Å². The number of benzene rings is 2. The number of para-hydroxylation sites is 1. The number of rotatable bonds is 9. The Morgan fingerprint density at radius 2 is 2.00 bits per heavy atom. The predicted molar refractivity (Wildman–Crippen MR) is 115 cm³/mol. The topological polar surface area (TPSA) is 87.9 Å². The third kappa shape index (κ3) is 6.59. The van der Waals surface area contributed by atoms with E-state index in [0.717, 1.165) is 27.0 Å². The second kappa shape index (κ2) is 10.6. The quantitative estimate of drug-likeness (QED) is 0.301. The molecule has 0 atom stereocenters. The number of hydrogen-bond acceptors (Lipinski definition) is 7. The van der Waals surface area contributed by atoms with Crippen LogP contribution in [0.25, 0.3) is 0 Å². The van der Waals surface area contributed by atoms with Crippen LogP contribution >= 0.6 is 23.1 Å². The molecule has 2 aromatic carbocycles. The molecule has 0 bridgehead atoms. The summed E-state index contributed by atoms with van der Waals surface area (Å²) in [7, 11) is 0. The van der Waals surface area contributed by atoms with Crippen LogP contribution in [-0.2, 0) is 10.5 Å². The van der Waals surface area contributed by atoms with E-state index in [2.05, 4.69) is 21.6 Å². The largest absolute Gasteiger partial charge is 0.493 e. The molecule has 0 unspecified atom stereocenters. The maximum atomic E-state index is 12.1. The van der Waals surface area contributed by atoms with E-state index < -0.39 is 0 Å². The van der Waals surface area contributed by atoms with Crippen LogP contribution < -0.4 is 10.1 Å². The smallest absolute Gasteiger partial charge is 0.226 e. The first kappa shape index (κ1) is 20.8. The first-order valence-corrected chi connectivity index (χ1v) is 10.9. The van der Waals surface area contributed by atoms with Gasteiger partial charge in [0.25, 0.3) is 0 Å². The normalized spacial score (nSPS) is 10.3. The fourth-order valence-electron chi connectivity index (χ4n) is 2.45. The minimum atomic E-state index is -0.0989. The predicted octanol–water partition coefficient (Wildman–Crippen LogP) is 4.81. The highest BCUT2D eigenvalue weighted by Crippen LogP contribution is 2.28. The van der Waals surface area contributed by atoms with Crippen molar-refractivity contribution >= 4 is 34.1 Å². The molecule has 1 heterocycles. The molecule has 1 aromatic heterocycles. The molecule has 0 fully saturated rings. The Kier molecular flexibility index (Phi) is 7.61. The molecule has 0 saturated heterocycles. The van der Waals surface area contributed by atoms with Gasteiger partial charge in [0.2, 0.25) is 11.0 Å². The van der Waals surface area contributed by atoms with Crippen LogP contribution in [0.2, 0.25) is 0 Å². The van der Waals surface area contributed by atoms with E-state index in [9.17, 15) is 4.79 Å². The van der Waals surface area contributed by atoms with Crippen molar-refractivity contribution in [1.82, 2.24) is 10.2 Å². The molecule has 1 N–H and O–H groups in total. The number of thioether (sulfide) groups is 1. The second-order valence-corrected chi connectivity index (χ2v) is 8.44. The van der Waals surface area contributed by atoms with Crippen molar-refractivity contribution in [2.45, 2.75) is 29.9 Å². The van der Waals surface area contributed by atoms with Gasteiger partial charge in [0.1, 0.15) is 5.75 Å². The van der Waals surface area contributed by atoms with Gasteiger partial charge in [-0.3, -0.25) is 4.79 Å². The van der Waals surface area contributed by atoms with Crippen LogP contribution in [-0.4, -0.2) is 22.7 Å². The highest BCUT2D eigenvalue weighted by atomic mass is 32.2. The lowest BCUT2D eigenvalue weighted by Crippen LogP contribution is -2.12. The zero-order chi connectivity index (χ0) is 20.5. The van der Waals surface area contributed by atoms with Crippen molar-refractivity contribution in [3.63, 3.8) is 0 Å². The summed E-state index contributed by atoms with van der Waals surface area (Å²) in [6, 6.07) is 17.4. The monoisotopic (exact) mass is 424 g/mol. The van der Waals surface area contributed by atoms with Crippen molar-refractivity contribution in [3.05, 3.63) is 65.2 Å². The van der Waals surface area contributed by atoms with Crippen LogP contribution in [0.1, 0.15) is 29.5 Å². The van der Waals surface area contributed by atoms with Crippen molar-refractivity contribution < 1.29 is 9.53 Å². The second-order valence-electron chi connectivity index (χ2n) is 6.24. The molecule has 0 aliphatic rings. The Balaban J connectivity index is 1.38. The minimum absolute atomic E-state index is 0.0989. The highest BCUT2D eigenvalue weighted by molar-refractivity contribution is 8.00. The molecule has 148 valence electrons. The highest BCUT2D eigenvalue weighted by Gasteiger charge is 2.09. The molecule has 0 aliphatic heterocycles. The van der Waals surface area contributed by atoms with Gasteiger partial charge in [-0.15, -0.1) is 10.2 Å². The SMILES string of the molecule is Cc1ccccc1OCCCC(=O)Nc1nnc(SCc2ccc(C#N)cc2)s1. The lowest BCUT2D eigenvalue weighted by molar-refractivity contribution is -0.116. The molecule has 8 heteroatoms. The van der Waals surface area contributed by atoms with Crippen LogP contribution in [0.4, 0.5) is 5.13 Å². The molecular weight excluding hydrogens is 404 g/mol. The van der Waals surface area contributed by atoms with Gasteiger partial charge >= 0.3 is 0 Å². The number of hydrogen-bond donors (Lipinski definition) is 1. The maximum Gasteiger partial charge on any atom is 0.226 e. The number of carbonyl (C=O) groups excluding carboxylic acids is 1. The van der Waals surface area contributed by atoms with E-state index in [1.807, 2.05) is 43.3 Å². The zero-order valence-electron chi connectivity index (χ0n) is 15.9. The van der Waals surface area contributed by atoms with Crippen LogP contribution in [0, 0.1) is 18.3 Å². The van der Waals surface area contributed by atoms with Gasteiger partial charge in [-0.25, -0.2) is 0 Å². The summed E-state index contributed by atoms with van der Waals surface area (Å²) in [5.41, 5.74) is 2.82. The zero-order valence-corrected chi connectivity index (χ0v) is 17.6. The molecule has 1 amide bonds. The number of anilines is 1. The van der Waals surface area contributed by atoms with E-state index in [-0.39, 0.29) is 5.91 Å². The van der Waals surface area contributed by atoms with E-state index >= 15 is 0 Å². The van der Waals surface area contributed by atoms with E-state index in [4.69, 9.17) is 10.00 Å². The fraction of sp³-hybridized carbons (Fsp3) is 0.238. The summed E-state index contributed by atoms with van der Waals surface area (Å²) in [6.45, 7) is 2.48. The van der Waals surface area contributed by atoms with E-state index in [1.165, 1.54) is 11.3 Å². The Bertz CT molecular complexity index is 996. The molecule has 0 spiro atoms. The molecule has 0 radical (unpaired) electrons. The lowest BCUT2D eigenvalue weighted by Gasteiger charge is -2.08. The number of amides is 1. The minimum Gasteiger partial charge on any atom is -0.493 e. The molecule has 0 saturated carbocycles. The molecular formula is C21H20N4O2S2. The van der Waals surface area contributed by atoms with Gasteiger partial charge in [0.05, 0.1) is 18.2 Å². The molecule has 3 rings (SSSR count). The Labute approximate surface area is 177 Å². The van der Waals surface area contributed by atoms with Crippen molar-refractivity contribution in [2.24, 2.45) is 0 Å². The molecule has 3 aromatic rings. The summed E-state index contributed by atoms with van der Waals surface area (Å²) in [6.07, 6.45) is 0.985. The summed E-state index contributed by atoms with van der Waals surface area (Å²) >= 11 is 2.90. The van der Waals surface area contributed by atoms with Crippen LogP contribution in [0.5, 0.6) is 5.75 Å². The molecule has 0 aliphatic carbocycles. The van der Waals surface area contributed by atoms with Gasteiger partial charge in [-0.05, 0) is 42.7 Å². The lowest BCUT2D eigenvalue weighted by atomic mass is 10.2. The Morgan fingerprint density at radius 3 is 2.76 bits per heavy atom. The first-order chi connectivity index (χ1) is 14.1. The van der Waals surface area contributed by atoms with Crippen LogP contribution in [0.15, 0.2) is 52.9 Å². The molecule has 29 heavy (non-hydrogen) atoms. The fourth-order valence-corrected chi connectivity index (χ4v) is 4.18. The number of ether oxygens (including phenoxy) is 1. The Hall–Kier alpha value is -2.89. The van der Waals surface area contributed by atoms with Gasteiger partial charge < -0.3 is 10.1 Å². The summed E-state index contributed by atoms with van der Waals surface area (Å²) < 4.78 is 6.49. The van der Waals surface area contributed by atoms with Crippen molar-refractivity contribution in [2.75, 3.05) is 11.9 Å². The number of nitriles is 1. The summed E-state index contributed by atoms with van der Waals surface area (Å²) in [5, 5.41) is 20.2. The summed E-state index contributed by atoms with van der Waals surface area (Å²) in [5.74, 6) is 1.48.